The van der Waals surface area contributed by atoms with Crippen molar-refractivity contribution in [3.8, 4) is 11.1 Å². The monoisotopic (exact) mass is 282 g/mol. The molecule has 90 valence electrons. The first-order chi connectivity index (χ1) is 8.66. The zero-order valence-electron chi connectivity index (χ0n) is 8.82. The van der Waals surface area contributed by atoms with Gasteiger partial charge in [0.15, 0.2) is 0 Å². The molecule has 0 aliphatic carbocycles. The highest BCUT2D eigenvalue weighted by molar-refractivity contribution is 7.18. The van der Waals surface area contributed by atoms with Gasteiger partial charge in [-0.1, -0.05) is 11.6 Å². The van der Waals surface area contributed by atoms with Crippen molar-refractivity contribution < 1.29 is 8.78 Å². The molecule has 0 bridgehead atoms. The van der Waals surface area contributed by atoms with E-state index in [0.29, 0.717) is 20.9 Å². The normalized spacial score (nSPS) is 11.1. The molecule has 2 nitrogen and oxygen atoms in total. The van der Waals surface area contributed by atoms with E-state index in [0.717, 1.165) is 18.2 Å². The van der Waals surface area contributed by atoms with Gasteiger partial charge < -0.3 is 0 Å². The lowest BCUT2D eigenvalue weighted by Crippen LogP contribution is -1.87. The van der Waals surface area contributed by atoms with Gasteiger partial charge in [0.25, 0.3) is 0 Å². The fourth-order valence-corrected chi connectivity index (χ4v) is 2.88. The molecule has 3 rings (SSSR count). The zero-order valence-corrected chi connectivity index (χ0v) is 10.4. The molecule has 0 unspecified atom stereocenters. The highest BCUT2D eigenvalue weighted by Gasteiger charge is 2.14. The first-order valence-corrected chi connectivity index (χ1v) is 6.25. The molecule has 2 heterocycles. The van der Waals surface area contributed by atoms with E-state index in [2.05, 4.69) is 9.97 Å². The summed E-state index contributed by atoms with van der Waals surface area (Å²) in [6.45, 7) is 0. The fourth-order valence-electron chi connectivity index (χ4n) is 1.72. The lowest BCUT2D eigenvalue weighted by Gasteiger charge is -2.01. The molecule has 3 aromatic rings. The van der Waals surface area contributed by atoms with Crippen molar-refractivity contribution in [2.75, 3.05) is 0 Å². The lowest BCUT2D eigenvalue weighted by molar-refractivity contribution is 0.603. The summed E-state index contributed by atoms with van der Waals surface area (Å²) in [5.74, 6) is -0.989. The van der Waals surface area contributed by atoms with Crippen LogP contribution in [0, 0.1) is 11.6 Å². The van der Waals surface area contributed by atoms with Crippen molar-refractivity contribution in [3.63, 3.8) is 0 Å². The van der Waals surface area contributed by atoms with Crippen molar-refractivity contribution in [1.82, 2.24) is 9.97 Å². The molecule has 6 heteroatoms. The van der Waals surface area contributed by atoms with Gasteiger partial charge in [0.05, 0.1) is 10.2 Å². The molecule has 0 aliphatic heterocycles. The minimum Gasteiger partial charge on any atom is -0.235 e. The van der Waals surface area contributed by atoms with Crippen LogP contribution in [0.2, 0.25) is 5.15 Å². The summed E-state index contributed by atoms with van der Waals surface area (Å²) >= 11 is 7.22. The average molecular weight is 283 g/mol. The Hall–Kier alpha value is -1.59. The number of hydrogen-bond donors (Lipinski definition) is 0. The quantitative estimate of drug-likeness (QED) is 0.622. The summed E-state index contributed by atoms with van der Waals surface area (Å²) in [4.78, 5) is 7.93. The molecule has 0 N–H and O–H groups in total. The number of benzene rings is 1. The van der Waals surface area contributed by atoms with Crippen LogP contribution in [-0.4, -0.2) is 9.97 Å². The van der Waals surface area contributed by atoms with Crippen LogP contribution >= 0.6 is 22.9 Å². The van der Waals surface area contributed by atoms with E-state index in [9.17, 15) is 8.78 Å². The minimum absolute atomic E-state index is 0.177. The molecule has 0 saturated carbocycles. The van der Waals surface area contributed by atoms with Gasteiger partial charge in [-0.2, -0.15) is 0 Å². The molecular formula is C12H5ClF2N2S. The van der Waals surface area contributed by atoms with Crippen LogP contribution in [0.5, 0.6) is 0 Å². The molecule has 0 radical (unpaired) electrons. The highest BCUT2D eigenvalue weighted by atomic mass is 35.5. The Morgan fingerprint density at radius 1 is 1.11 bits per heavy atom. The third-order valence-electron chi connectivity index (χ3n) is 2.53. The first-order valence-electron chi connectivity index (χ1n) is 5.00. The van der Waals surface area contributed by atoms with E-state index in [1.807, 2.05) is 0 Å². The molecule has 2 aromatic heterocycles. The summed E-state index contributed by atoms with van der Waals surface area (Å²) in [6.07, 6.45) is 1.30. The number of nitrogens with zero attached hydrogens (tertiary/aromatic N) is 2. The Labute approximate surface area is 110 Å². The summed E-state index contributed by atoms with van der Waals surface area (Å²) in [5.41, 5.74) is 1.23. The highest BCUT2D eigenvalue weighted by Crippen LogP contribution is 2.36. The summed E-state index contributed by atoms with van der Waals surface area (Å²) in [5, 5.41) is 2.01. The van der Waals surface area contributed by atoms with E-state index in [-0.39, 0.29) is 5.56 Å². The van der Waals surface area contributed by atoms with Gasteiger partial charge >= 0.3 is 0 Å². The molecule has 0 aliphatic rings. The smallest absolute Gasteiger partial charge is 0.150 e. The van der Waals surface area contributed by atoms with Crippen LogP contribution in [-0.2, 0) is 0 Å². The summed E-state index contributed by atoms with van der Waals surface area (Å²) < 4.78 is 27.6. The standard InChI is InChI=1S/C12H5ClF2N2S/c13-12-11-10(16-5-17-12)8(4-18-11)7-3-6(14)1-2-9(7)15/h1-5H. The van der Waals surface area contributed by atoms with Gasteiger partial charge in [-0.3, -0.25) is 0 Å². The van der Waals surface area contributed by atoms with E-state index in [4.69, 9.17) is 11.6 Å². The minimum atomic E-state index is -0.495. The van der Waals surface area contributed by atoms with Crippen LogP contribution in [0.4, 0.5) is 8.78 Å². The van der Waals surface area contributed by atoms with E-state index < -0.39 is 11.6 Å². The van der Waals surface area contributed by atoms with Crippen LogP contribution in [0.15, 0.2) is 29.9 Å². The number of thiophene rings is 1. The Kier molecular flexibility index (Phi) is 2.72. The molecule has 0 atom stereocenters. The summed E-state index contributed by atoms with van der Waals surface area (Å²) in [7, 11) is 0. The van der Waals surface area contributed by atoms with E-state index in [1.165, 1.54) is 17.7 Å². The predicted molar refractivity (Wildman–Crippen MR) is 67.8 cm³/mol. The van der Waals surface area contributed by atoms with Crippen molar-refractivity contribution in [3.05, 3.63) is 46.7 Å². The van der Waals surface area contributed by atoms with Crippen LogP contribution in [0.3, 0.4) is 0 Å². The van der Waals surface area contributed by atoms with E-state index >= 15 is 0 Å². The lowest BCUT2D eigenvalue weighted by atomic mass is 10.1. The first kappa shape index (κ1) is 11.5. The molecule has 0 amide bonds. The molecule has 0 spiro atoms. The second kappa shape index (κ2) is 4.26. The Morgan fingerprint density at radius 2 is 1.94 bits per heavy atom. The predicted octanol–water partition coefficient (Wildman–Crippen LogP) is 4.29. The summed E-state index contributed by atoms with van der Waals surface area (Å²) in [6, 6.07) is 3.32. The topological polar surface area (TPSA) is 25.8 Å². The number of fused-ring (bicyclic) bond motifs is 1. The Balaban J connectivity index is 2.32. The molecule has 0 fully saturated rings. The van der Waals surface area contributed by atoms with Crippen molar-refractivity contribution in [2.45, 2.75) is 0 Å². The SMILES string of the molecule is Fc1ccc(F)c(-c2csc3c(Cl)ncnc23)c1. The Morgan fingerprint density at radius 3 is 2.78 bits per heavy atom. The molecule has 18 heavy (non-hydrogen) atoms. The fraction of sp³-hybridized carbons (Fsp3) is 0. The van der Waals surface area contributed by atoms with Gasteiger partial charge in [0.1, 0.15) is 23.1 Å². The van der Waals surface area contributed by atoms with Crippen LogP contribution in [0.25, 0.3) is 21.3 Å². The van der Waals surface area contributed by atoms with Crippen molar-refractivity contribution in [1.29, 1.82) is 0 Å². The largest absolute Gasteiger partial charge is 0.235 e. The van der Waals surface area contributed by atoms with Crippen LogP contribution < -0.4 is 0 Å². The number of rotatable bonds is 1. The van der Waals surface area contributed by atoms with Crippen molar-refractivity contribution in [2.24, 2.45) is 0 Å². The van der Waals surface area contributed by atoms with Crippen LogP contribution in [0.1, 0.15) is 0 Å². The van der Waals surface area contributed by atoms with Gasteiger partial charge in [-0.25, -0.2) is 18.7 Å². The van der Waals surface area contributed by atoms with Crippen molar-refractivity contribution >= 4 is 33.2 Å². The Bertz CT molecular complexity index is 742. The molecule has 1 aromatic carbocycles. The maximum Gasteiger partial charge on any atom is 0.150 e. The maximum atomic E-state index is 13.7. The maximum absolute atomic E-state index is 13.7. The second-order valence-corrected chi connectivity index (χ2v) is 4.85. The number of hydrogen-bond acceptors (Lipinski definition) is 3. The number of halogens is 3. The van der Waals surface area contributed by atoms with Gasteiger partial charge in [-0.15, -0.1) is 11.3 Å². The zero-order chi connectivity index (χ0) is 12.7. The third-order valence-corrected chi connectivity index (χ3v) is 3.90. The third kappa shape index (κ3) is 1.76. The van der Waals surface area contributed by atoms with E-state index in [1.54, 1.807) is 5.38 Å². The second-order valence-electron chi connectivity index (χ2n) is 3.62. The van der Waals surface area contributed by atoms with Gasteiger partial charge in [0.2, 0.25) is 0 Å². The molecular weight excluding hydrogens is 278 g/mol. The average Bonchev–Trinajstić information content (AvgIpc) is 2.77. The van der Waals surface area contributed by atoms with Gasteiger partial charge in [-0.05, 0) is 18.2 Å². The number of aromatic nitrogens is 2. The van der Waals surface area contributed by atoms with Gasteiger partial charge in [0, 0.05) is 16.5 Å². The molecule has 0 saturated heterocycles.